The number of amides is 1. The van der Waals surface area contributed by atoms with Gasteiger partial charge in [0.15, 0.2) is 6.61 Å². The van der Waals surface area contributed by atoms with Gasteiger partial charge in [-0.2, -0.15) is 0 Å². The van der Waals surface area contributed by atoms with Gasteiger partial charge in [-0.3, -0.25) is 4.79 Å². The van der Waals surface area contributed by atoms with Crippen molar-refractivity contribution in [3.8, 4) is 11.5 Å². The fourth-order valence-electron chi connectivity index (χ4n) is 2.18. The van der Waals surface area contributed by atoms with Crippen LogP contribution in [0, 0.1) is 6.92 Å². The zero-order valence-electron chi connectivity index (χ0n) is 14.5. The van der Waals surface area contributed by atoms with Gasteiger partial charge in [0.25, 0.3) is 5.91 Å². The Balaban J connectivity index is 1.69. The molecule has 24 heavy (non-hydrogen) atoms. The molecule has 0 unspecified atom stereocenters. The quantitative estimate of drug-likeness (QED) is 0.807. The van der Waals surface area contributed by atoms with Crippen molar-refractivity contribution in [1.29, 1.82) is 0 Å². The molecule has 4 nitrogen and oxygen atoms in total. The first-order chi connectivity index (χ1) is 11.6. The second-order valence-electron chi connectivity index (χ2n) is 5.88. The van der Waals surface area contributed by atoms with E-state index in [0.717, 1.165) is 12.2 Å². The van der Waals surface area contributed by atoms with Crippen molar-refractivity contribution in [2.45, 2.75) is 33.2 Å². The second kappa shape index (κ2) is 8.96. The summed E-state index contributed by atoms with van der Waals surface area (Å²) in [4.78, 5) is 11.9. The average molecular weight is 327 g/mol. The molecule has 1 atom stereocenters. The van der Waals surface area contributed by atoms with Crippen LogP contribution >= 0.6 is 0 Å². The number of hydrogen-bond acceptors (Lipinski definition) is 3. The molecule has 4 heteroatoms. The van der Waals surface area contributed by atoms with E-state index in [9.17, 15) is 4.79 Å². The number of ether oxygens (including phenoxy) is 2. The Morgan fingerprint density at radius 2 is 1.58 bits per heavy atom. The molecule has 2 rings (SSSR count). The fraction of sp³-hybridized carbons (Fsp3) is 0.350. The van der Waals surface area contributed by atoms with Gasteiger partial charge in [0, 0.05) is 0 Å². The molecule has 0 aliphatic heterocycles. The van der Waals surface area contributed by atoms with Crippen LogP contribution < -0.4 is 14.8 Å². The molecular weight excluding hydrogens is 302 g/mol. The predicted octanol–water partition coefficient (Wildman–Crippen LogP) is 3.52. The Bertz CT molecular complexity index is 635. The summed E-state index contributed by atoms with van der Waals surface area (Å²) in [6.45, 7) is 6.45. The monoisotopic (exact) mass is 327 g/mol. The van der Waals surface area contributed by atoms with Crippen LogP contribution in [-0.4, -0.2) is 25.2 Å². The molecule has 0 radical (unpaired) electrons. The van der Waals surface area contributed by atoms with Crippen LogP contribution in [-0.2, 0) is 11.2 Å². The topological polar surface area (TPSA) is 47.6 Å². The molecule has 2 aromatic carbocycles. The van der Waals surface area contributed by atoms with Crippen molar-refractivity contribution in [2.75, 3.05) is 13.2 Å². The highest BCUT2D eigenvalue weighted by molar-refractivity contribution is 5.77. The zero-order chi connectivity index (χ0) is 17.4. The van der Waals surface area contributed by atoms with Crippen LogP contribution in [0.25, 0.3) is 0 Å². The Hall–Kier alpha value is -2.49. The molecule has 128 valence electrons. The third-order valence-corrected chi connectivity index (χ3v) is 3.63. The van der Waals surface area contributed by atoms with Crippen LogP contribution in [0.3, 0.4) is 0 Å². The summed E-state index contributed by atoms with van der Waals surface area (Å²) in [6.07, 6.45) is 0.985. The Morgan fingerprint density at radius 3 is 2.21 bits per heavy atom. The van der Waals surface area contributed by atoms with E-state index in [1.165, 1.54) is 11.1 Å². The number of hydrogen-bond donors (Lipinski definition) is 1. The first kappa shape index (κ1) is 17.9. The number of benzene rings is 2. The summed E-state index contributed by atoms with van der Waals surface area (Å²) in [5, 5.41) is 2.87. The van der Waals surface area contributed by atoms with Crippen LogP contribution in [0.5, 0.6) is 11.5 Å². The molecule has 0 spiro atoms. The van der Waals surface area contributed by atoms with Gasteiger partial charge in [0.05, 0.1) is 6.04 Å². The van der Waals surface area contributed by atoms with Gasteiger partial charge in [-0.25, -0.2) is 0 Å². The van der Waals surface area contributed by atoms with Crippen molar-refractivity contribution in [3.63, 3.8) is 0 Å². The average Bonchev–Trinajstić information content (AvgIpc) is 2.60. The minimum Gasteiger partial charge on any atom is -0.491 e. The van der Waals surface area contributed by atoms with Crippen molar-refractivity contribution >= 4 is 5.91 Å². The van der Waals surface area contributed by atoms with Gasteiger partial charge in [-0.05, 0) is 50.1 Å². The predicted molar refractivity (Wildman–Crippen MR) is 95.6 cm³/mol. The van der Waals surface area contributed by atoms with Crippen LogP contribution in [0.1, 0.15) is 25.0 Å². The van der Waals surface area contributed by atoms with Gasteiger partial charge in [-0.1, -0.05) is 36.8 Å². The number of aryl methyl sites for hydroxylation is 2. The highest BCUT2D eigenvalue weighted by atomic mass is 16.5. The standard InChI is InChI=1S/C20H25NO3/c1-4-17-7-11-19(12-8-17)24-14-20(22)21-16(3)13-23-18-9-5-15(2)6-10-18/h5-12,16H,4,13-14H2,1-3H3,(H,21,22)/t16-/m0/s1. The summed E-state index contributed by atoms with van der Waals surface area (Å²) in [5.41, 5.74) is 2.43. The normalized spacial score (nSPS) is 11.6. The smallest absolute Gasteiger partial charge is 0.258 e. The van der Waals surface area contributed by atoms with Crippen molar-refractivity contribution in [2.24, 2.45) is 0 Å². The lowest BCUT2D eigenvalue weighted by Gasteiger charge is -2.15. The lowest BCUT2D eigenvalue weighted by molar-refractivity contribution is -0.123. The molecule has 1 amide bonds. The highest BCUT2D eigenvalue weighted by Gasteiger charge is 2.09. The van der Waals surface area contributed by atoms with Gasteiger partial charge in [0.2, 0.25) is 0 Å². The minimum absolute atomic E-state index is 0.000341. The third kappa shape index (κ3) is 5.95. The van der Waals surface area contributed by atoms with E-state index in [0.29, 0.717) is 12.4 Å². The summed E-state index contributed by atoms with van der Waals surface area (Å²) < 4.78 is 11.1. The number of rotatable bonds is 8. The summed E-state index contributed by atoms with van der Waals surface area (Å²) in [7, 11) is 0. The SMILES string of the molecule is CCc1ccc(OCC(=O)N[C@@H](C)COc2ccc(C)cc2)cc1. The maximum absolute atomic E-state index is 11.9. The Morgan fingerprint density at radius 1 is 1.00 bits per heavy atom. The van der Waals surface area contributed by atoms with Crippen molar-refractivity contribution in [3.05, 3.63) is 59.7 Å². The van der Waals surface area contributed by atoms with E-state index < -0.39 is 0 Å². The number of nitrogens with one attached hydrogen (secondary N) is 1. The van der Waals surface area contributed by atoms with Crippen molar-refractivity contribution < 1.29 is 14.3 Å². The molecule has 0 heterocycles. The van der Waals surface area contributed by atoms with Crippen LogP contribution in [0.15, 0.2) is 48.5 Å². The van der Waals surface area contributed by atoms with Crippen LogP contribution in [0.2, 0.25) is 0 Å². The van der Waals surface area contributed by atoms with E-state index in [-0.39, 0.29) is 18.6 Å². The maximum atomic E-state index is 11.9. The van der Waals surface area contributed by atoms with Gasteiger partial charge in [-0.15, -0.1) is 0 Å². The third-order valence-electron chi connectivity index (χ3n) is 3.63. The van der Waals surface area contributed by atoms with Crippen LogP contribution in [0.4, 0.5) is 0 Å². The second-order valence-corrected chi connectivity index (χ2v) is 5.88. The molecule has 0 aliphatic rings. The lowest BCUT2D eigenvalue weighted by atomic mass is 10.2. The molecular formula is C20H25NO3. The van der Waals surface area contributed by atoms with E-state index in [1.807, 2.05) is 62.4 Å². The van der Waals surface area contributed by atoms with E-state index in [4.69, 9.17) is 9.47 Å². The largest absolute Gasteiger partial charge is 0.491 e. The van der Waals surface area contributed by atoms with E-state index in [1.54, 1.807) is 0 Å². The molecule has 0 saturated heterocycles. The maximum Gasteiger partial charge on any atom is 0.258 e. The number of carbonyl (C=O) groups is 1. The van der Waals surface area contributed by atoms with E-state index >= 15 is 0 Å². The minimum atomic E-state index is -0.158. The van der Waals surface area contributed by atoms with Crippen molar-refractivity contribution in [1.82, 2.24) is 5.32 Å². The molecule has 0 aromatic heterocycles. The first-order valence-corrected chi connectivity index (χ1v) is 8.27. The van der Waals surface area contributed by atoms with Gasteiger partial charge < -0.3 is 14.8 Å². The lowest BCUT2D eigenvalue weighted by Crippen LogP contribution is -2.39. The highest BCUT2D eigenvalue weighted by Crippen LogP contribution is 2.13. The zero-order valence-corrected chi connectivity index (χ0v) is 14.5. The first-order valence-electron chi connectivity index (χ1n) is 8.27. The van der Waals surface area contributed by atoms with Gasteiger partial charge in [0.1, 0.15) is 18.1 Å². The fourth-order valence-corrected chi connectivity index (χ4v) is 2.18. The summed E-state index contributed by atoms with van der Waals surface area (Å²) >= 11 is 0. The summed E-state index contributed by atoms with van der Waals surface area (Å²) in [6, 6.07) is 15.5. The Labute approximate surface area is 143 Å². The van der Waals surface area contributed by atoms with E-state index in [2.05, 4.69) is 12.2 Å². The number of carbonyl (C=O) groups excluding carboxylic acids is 1. The summed E-state index contributed by atoms with van der Waals surface area (Å²) in [5.74, 6) is 1.34. The molecule has 0 aliphatic carbocycles. The molecule has 1 N–H and O–H groups in total. The Kier molecular flexibility index (Phi) is 6.67. The molecule has 2 aromatic rings. The molecule has 0 fully saturated rings. The molecule has 0 bridgehead atoms. The van der Waals surface area contributed by atoms with Gasteiger partial charge >= 0.3 is 0 Å². The molecule has 0 saturated carbocycles.